The van der Waals surface area contributed by atoms with Gasteiger partial charge in [0.2, 0.25) is 0 Å². The number of hydrogen-bond acceptors (Lipinski definition) is 4. The van der Waals surface area contributed by atoms with Gasteiger partial charge in [0.05, 0.1) is 18.8 Å². The van der Waals surface area contributed by atoms with E-state index in [1.165, 1.54) is 0 Å². The summed E-state index contributed by atoms with van der Waals surface area (Å²) in [6.07, 6.45) is 1.74. The van der Waals surface area contributed by atoms with E-state index in [1.54, 1.807) is 22.8 Å². The summed E-state index contributed by atoms with van der Waals surface area (Å²) in [5.41, 5.74) is 1.66. The molecule has 0 saturated heterocycles. The zero-order valence-corrected chi connectivity index (χ0v) is 13.1. The molecule has 6 nitrogen and oxygen atoms in total. The number of aromatic amines is 1. The smallest absolute Gasteiger partial charge is 0.275 e. The lowest BCUT2D eigenvalue weighted by molar-refractivity contribution is -0.0369. The Morgan fingerprint density at radius 2 is 2.00 bits per heavy atom. The van der Waals surface area contributed by atoms with E-state index < -0.39 is 5.60 Å². The summed E-state index contributed by atoms with van der Waals surface area (Å²) in [5.74, 6) is 0.513. The largest absolute Gasteiger partial charge is 0.394 e. The maximum absolute atomic E-state index is 12.0. The molecule has 2 aromatic heterocycles. The maximum atomic E-state index is 12.0. The molecule has 0 radical (unpaired) electrons. The highest BCUT2D eigenvalue weighted by Gasteiger charge is 2.21. The van der Waals surface area contributed by atoms with Crippen molar-refractivity contribution in [2.45, 2.75) is 19.4 Å². The molecule has 2 heterocycles. The van der Waals surface area contributed by atoms with Crippen LogP contribution in [0.3, 0.4) is 0 Å². The van der Waals surface area contributed by atoms with Gasteiger partial charge in [0.25, 0.3) is 5.56 Å². The van der Waals surface area contributed by atoms with Crippen LogP contribution >= 0.6 is 0 Å². The van der Waals surface area contributed by atoms with Crippen molar-refractivity contribution in [1.29, 1.82) is 0 Å². The highest BCUT2D eigenvalue weighted by molar-refractivity contribution is 5.57. The Hall–Kier alpha value is -2.44. The fourth-order valence-electron chi connectivity index (χ4n) is 2.49. The predicted octanol–water partition coefficient (Wildman–Crippen LogP) is 1.93. The van der Waals surface area contributed by atoms with Crippen molar-refractivity contribution >= 4 is 5.52 Å². The molecule has 120 valence electrons. The summed E-state index contributed by atoms with van der Waals surface area (Å²) in [6.45, 7) is 4.17. The van der Waals surface area contributed by atoms with Gasteiger partial charge in [-0.15, -0.1) is 5.10 Å². The molecule has 0 bridgehead atoms. The summed E-state index contributed by atoms with van der Waals surface area (Å²) in [6, 6.07) is 11.2. The molecule has 0 unspecified atom stereocenters. The first-order valence-corrected chi connectivity index (χ1v) is 7.45. The van der Waals surface area contributed by atoms with Crippen LogP contribution in [0.25, 0.3) is 16.9 Å². The van der Waals surface area contributed by atoms with Crippen LogP contribution in [0, 0.1) is 0 Å². The Labute approximate surface area is 133 Å². The number of aliphatic hydroxyl groups is 1. The fourth-order valence-corrected chi connectivity index (χ4v) is 2.49. The van der Waals surface area contributed by atoms with E-state index in [0.29, 0.717) is 11.3 Å². The first kappa shape index (κ1) is 15.5. The molecule has 3 aromatic rings. The number of benzene rings is 1. The number of aromatic nitrogens is 3. The summed E-state index contributed by atoms with van der Waals surface area (Å²) in [7, 11) is 0. The molecule has 0 atom stereocenters. The van der Waals surface area contributed by atoms with Crippen molar-refractivity contribution in [2.24, 2.45) is 0 Å². The van der Waals surface area contributed by atoms with Crippen LogP contribution in [0.4, 0.5) is 0 Å². The molecule has 0 aliphatic carbocycles. The van der Waals surface area contributed by atoms with E-state index in [2.05, 4.69) is 10.1 Å². The van der Waals surface area contributed by atoms with Gasteiger partial charge < -0.3 is 14.8 Å². The van der Waals surface area contributed by atoms with Crippen molar-refractivity contribution in [3.05, 3.63) is 58.5 Å². The molecule has 0 aliphatic rings. The number of nitrogens with zero attached hydrogens (tertiary/aromatic N) is 2. The monoisotopic (exact) mass is 313 g/mol. The third-order valence-corrected chi connectivity index (χ3v) is 3.81. The molecule has 3 rings (SSSR count). The van der Waals surface area contributed by atoms with E-state index in [-0.39, 0.29) is 18.8 Å². The number of rotatable bonds is 5. The van der Waals surface area contributed by atoms with Crippen molar-refractivity contribution in [2.75, 3.05) is 13.2 Å². The number of aliphatic hydroxyl groups excluding tert-OH is 1. The minimum Gasteiger partial charge on any atom is -0.394 e. The van der Waals surface area contributed by atoms with Gasteiger partial charge in [-0.1, -0.05) is 24.3 Å². The molecule has 1 aromatic carbocycles. The van der Waals surface area contributed by atoms with Gasteiger partial charge >= 0.3 is 0 Å². The minimum absolute atomic E-state index is 0.0104. The Kier molecular flexibility index (Phi) is 4.02. The van der Waals surface area contributed by atoms with E-state index in [1.807, 2.05) is 38.1 Å². The third-order valence-electron chi connectivity index (χ3n) is 3.81. The summed E-state index contributed by atoms with van der Waals surface area (Å²) < 4.78 is 7.21. The number of ether oxygens (including phenoxy) is 1. The molecule has 6 heteroatoms. The summed E-state index contributed by atoms with van der Waals surface area (Å²) in [4.78, 5) is 14.8. The first-order valence-electron chi connectivity index (χ1n) is 7.45. The maximum Gasteiger partial charge on any atom is 0.275 e. The van der Waals surface area contributed by atoms with Crippen LogP contribution < -0.4 is 5.56 Å². The van der Waals surface area contributed by atoms with Crippen LogP contribution in [0.15, 0.2) is 47.4 Å². The van der Waals surface area contributed by atoms with Crippen molar-refractivity contribution < 1.29 is 9.84 Å². The second-order valence-electron chi connectivity index (χ2n) is 5.80. The minimum atomic E-state index is -0.494. The lowest BCUT2D eigenvalue weighted by Crippen LogP contribution is -2.23. The predicted molar refractivity (Wildman–Crippen MR) is 87.3 cm³/mol. The second-order valence-corrected chi connectivity index (χ2v) is 5.80. The van der Waals surface area contributed by atoms with Crippen molar-refractivity contribution in [3.63, 3.8) is 0 Å². The number of nitrogens with one attached hydrogen (secondary N) is 1. The van der Waals surface area contributed by atoms with Gasteiger partial charge in [0.1, 0.15) is 5.52 Å². The Balaban J connectivity index is 1.93. The highest BCUT2D eigenvalue weighted by Crippen LogP contribution is 2.26. The average Bonchev–Trinajstić information content (AvgIpc) is 3.02. The molecule has 0 fully saturated rings. The Morgan fingerprint density at radius 3 is 2.70 bits per heavy atom. The summed E-state index contributed by atoms with van der Waals surface area (Å²) >= 11 is 0. The number of hydrogen-bond donors (Lipinski definition) is 2. The zero-order chi connectivity index (χ0) is 16.4. The van der Waals surface area contributed by atoms with Gasteiger partial charge in [-0.2, -0.15) is 0 Å². The van der Waals surface area contributed by atoms with E-state index in [0.717, 1.165) is 11.1 Å². The fraction of sp³-hybridized carbons (Fsp3) is 0.294. The Morgan fingerprint density at radius 1 is 1.26 bits per heavy atom. The highest BCUT2D eigenvalue weighted by atomic mass is 16.5. The Bertz CT molecular complexity index is 863. The molecule has 0 amide bonds. The van der Waals surface area contributed by atoms with Gasteiger partial charge in [-0.3, -0.25) is 4.79 Å². The second kappa shape index (κ2) is 5.98. The molecular weight excluding hydrogens is 294 g/mol. The standard InChI is InChI=1S/C17H19N3O3/c1-17(2,23-11-10-21)13-7-5-12(6-8-13)15-18-16(22)14-4-3-9-20(14)19-15/h3-9,21H,10-11H2,1-2H3,(H,18,19,22). The normalized spacial score (nSPS) is 12.0. The van der Waals surface area contributed by atoms with Gasteiger partial charge in [-0.05, 0) is 31.5 Å². The molecule has 2 N–H and O–H groups in total. The quantitative estimate of drug-likeness (QED) is 0.754. The van der Waals surface area contributed by atoms with E-state index in [9.17, 15) is 4.79 Å². The summed E-state index contributed by atoms with van der Waals surface area (Å²) in [5, 5.41) is 13.3. The number of fused-ring (bicyclic) bond motifs is 1. The van der Waals surface area contributed by atoms with E-state index in [4.69, 9.17) is 9.84 Å². The molecule has 0 spiro atoms. The van der Waals surface area contributed by atoms with Crippen LogP contribution in [-0.2, 0) is 10.3 Å². The van der Waals surface area contributed by atoms with Crippen LogP contribution in [-0.4, -0.2) is 32.9 Å². The zero-order valence-electron chi connectivity index (χ0n) is 13.1. The lowest BCUT2D eigenvalue weighted by Gasteiger charge is -2.25. The van der Waals surface area contributed by atoms with Gasteiger partial charge in [0.15, 0.2) is 5.82 Å². The van der Waals surface area contributed by atoms with Gasteiger partial charge in [-0.25, -0.2) is 4.52 Å². The molecular formula is C17H19N3O3. The molecule has 23 heavy (non-hydrogen) atoms. The molecule has 0 saturated carbocycles. The van der Waals surface area contributed by atoms with Crippen molar-refractivity contribution in [3.8, 4) is 11.4 Å². The van der Waals surface area contributed by atoms with Crippen LogP contribution in [0.2, 0.25) is 0 Å². The average molecular weight is 313 g/mol. The van der Waals surface area contributed by atoms with Crippen LogP contribution in [0.5, 0.6) is 0 Å². The third kappa shape index (κ3) is 3.04. The molecule has 0 aliphatic heterocycles. The van der Waals surface area contributed by atoms with Crippen molar-refractivity contribution in [1.82, 2.24) is 14.6 Å². The topological polar surface area (TPSA) is 79.6 Å². The van der Waals surface area contributed by atoms with E-state index >= 15 is 0 Å². The van der Waals surface area contributed by atoms with Crippen LogP contribution in [0.1, 0.15) is 19.4 Å². The van der Waals surface area contributed by atoms with Gasteiger partial charge in [0, 0.05) is 11.8 Å². The first-order chi connectivity index (χ1) is 11.0. The lowest BCUT2D eigenvalue weighted by atomic mass is 9.97. The number of H-pyrrole nitrogens is 1. The SMILES string of the molecule is CC(C)(OCCO)c1ccc(-c2nn3cccc3c(=O)[nH]2)cc1.